The van der Waals surface area contributed by atoms with Crippen LogP contribution in [0.25, 0.3) is 0 Å². The number of likely N-dealkylation sites (N-methyl/N-ethyl adjacent to an activating group) is 2. The molecule has 1 unspecified atom stereocenters. The van der Waals surface area contributed by atoms with E-state index in [4.69, 9.17) is 4.74 Å². The van der Waals surface area contributed by atoms with Crippen LogP contribution in [-0.4, -0.2) is 73.5 Å². The molecule has 0 aliphatic carbocycles. The third-order valence-electron chi connectivity index (χ3n) is 4.80. The van der Waals surface area contributed by atoms with Crippen LogP contribution in [0.5, 0.6) is 5.75 Å². The molecule has 1 aliphatic heterocycles. The lowest BCUT2D eigenvalue weighted by Crippen LogP contribution is -2.53. The average Bonchev–Trinajstić information content (AvgIpc) is 2.60. The highest BCUT2D eigenvalue weighted by Gasteiger charge is 2.26. The molecule has 1 aliphatic rings. The molecule has 1 amide bonds. The van der Waals surface area contributed by atoms with Crippen molar-refractivity contribution in [1.29, 1.82) is 0 Å². The van der Waals surface area contributed by atoms with Gasteiger partial charge in [-0.2, -0.15) is 0 Å². The van der Waals surface area contributed by atoms with Gasteiger partial charge in [-0.15, -0.1) is 0 Å². The van der Waals surface area contributed by atoms with Crippen molar-refractivity contribution in [3.05, 3.63) is 29.6 Å². The van der Waals surface area contributed by atoms with Gasteiger partial charge in [0.1, 0.15) is 0 Å². The third-order valence-corrected chi connectivity index (χ3v) is 4.80. The molecule has 6 heteroatoms. The van der Waals surface area contributed by atoms with E-state index in [1.54, 1.807) is 6.07 Å². The first-order valence-corrected chi connectivity index (χ1v) is 8.50. The highest BCUT2D eigenvalue weighted by molar-refractivity contribution is 5.81. The number of ether oxygens (including phenoxy) is 1. The van der Waals surface area contributed by atoms with Crippen LogP contribution in [0, 0.1) is 5.82 Å². The molecule has 1 fully saturated rings. The van der Waals surface area contributed by atoms with E-state index in [1.807, 2.05) is 29.8 Å². The molecule has 2 rings (SSSR count). The summed E-state index contributed by atoms with van der Waals surface area (Å²) >= 11 is 0. The molecule has 1 aromatic rings. The second-order valence-corrected chi connectivity index (χ2v) is 6.32. The van der Waals surface area contributed by atoms with Gasteiger partial charge < -0.3 is 14.5 Å². The topological polar surface area (TPSA) is 36.0 Å². The fourth-order valence-electron chi connectivity index (χ4n) is 2.97. The van der Waals surface area contributed by atoms with Crippen LogP contribution in [0.1, 0.15) is 19.4 Å². The maximum atomic E-state index is 13.8. The zero-order valence-corrected chi connectivity index (χ0v) is 15.1. The van der Waals surface area contributed by atoms with Crippen molar-refractivity contribution in [3.63, 3.8) is 0 Å². The summed E-state index contributed by atoms with van der Waals surface area (Å²) in [6.45, 7) is 9.02. The Hall–Kier alpha value is -1.66. The van der Waals surface area contributed by atoms with Gasteiger partial charge in [-0.05, 0) is 38.2 Å². The molecule has 0 radical (unpaired) electrons. The molecule has 0 saturated carbocycles. The van der Waals surface area contributed by atoms with Crippen LogP contribution in [0.4, 0.5) is 4.39 Å². The van der Waals surface area contributed by atoms with Gasteiger partial charge in [-0.25, -0.2) is 4.39 Å². The number of rotatable bonds is 6. The van der Waals surface area contributed by atoms with Gasteiger partial charge >= 0.3 is 0 Å². The summed E-state index contributed by atoms with van der Waals surface area (Å²) in [6, 6.07) is 4.68. The molecule has 1 atom stereocenters. The van der Waals surface area contributed by atoms with E-state index >= 15 is 0 Å². The Morgan fingerprint density at radius 2 is 2.00 bits per heavy atom. The van der Waals surface area contributed by atoms with E-state index in [0.717, 1.165) is 38.3 Å². The van der Waals surface area contributed by atoms with Crippen LogP contribution in [0.15, 0.2) is 18.2 Å². The Bertz CT molecular complexity index is 559. The Labute approximate surface area is 144 Å². The summed E-state index contributed by atoms with van der Waals surface area (Å²) < 4.78 is 18.7. The fourth-order valence-corrected chi connectivity index (χ4v) is 2.97. The third kappa shape index (κ3) is 4.45. The lowest BCUT2D eigenvalue weighted by Gasteiger charge is -2.37. The van der Waals surface area contributed by atoms with Crippen molar-refractivity contribution in [2.75, 3.05) is 46.9 Å². The molecule has 1 heterocycles. The number of halogens is 1. The predicted molar refractivity (Wildman–Crippen MR) is 92.6 cm³/mol. The molecule has 0 N–H and O–H groups in total. The minimum absolute atomic E-state index is 0.141. The van der Waals surface area contributed by atoms with Crippen LogP contribution in [-0.2, 0) is 11.3 Å². The normalized spacial score (nSPS) is 17.2. The van der Waals surface area contributed by atoms with Crippen molar-refractivity contribution < 1.29 is 13.9 Å². The first-order valence-electron chi connectivity index (χ1n) is 8.50. The monoisotopic (exact) mass is 337 g/mol. The van der Waals surface area contributed by atoms with E-state index < -0.39 is 0 Å². The van der Waals surface area contributed by atoms with Crippen LogP contribution in [0.3, 0.4) is 0 Å². The highest BCUT2D eigenvalue weighted by Crippen LogP contribution is 2.19. The minimum Gasteiger partial charge on any atom is -0.494 e. The molecule has 0 aromatic heterocycles. The molecule has 0 bridgehead atoms. The largest absolute Gasteiger partial charge is 0.494 e. The van der Waals surface area contributed by atoms with Crippen molar-refractivity contribution in [2.24, 2.45) is 0 Å². The van der Waals surface area contributed by atoms with E-state index in [9.17, 15) is 9.18 Å². The van der Waals surface area contributed by atoms with Gasteiger partial charge in [-0.1, -0.05) is 13.0 Å². The van der Waals surface area contributed by atoms with Crippen molar-refractivity contribution in [1.82, 2.24) is 14.7 Å². The number of benzene rings is 1. The van der Waals surface area contributed by atoms with E-state index in [-0.39, 0.29) is 23.5 Å². The quantitative estimate of drug-likeness (QED) is 0.793. The van der Waals surface area contributed by atoms with Gasteiger partial charge in [0.05, 0.1) is 13.2 Å². The minimum atomic E-state index is -0.377. The van der Waals surface area contributed by atoms with E-state index in [1.165, 1.54) is 13.2 Å². The van der Waals surface area contributed by atoms with Gasteiger partial charge in [0.25, 0.3) is 0 Å². The van der Waals surface area contributed by atoms with Crippen molar-refractivity contribution in [2.45, 2.75) is 26.4 Å². The number of nitrogens with zero attached hydrogens (tertiary/aromatic N) is 3. The van der Waals surface area contributed by atoms with E-state index in [0.29, 0.717) is 6.54 Å². The SMILES string of the molecule is CCN1CCN(C(=O)C(C)N(C)Cc2ccc(OC)c(F)c2)CC1. The lowest BCUT2D eigenvalue weighted by atomic mass is 10.1. The maximum Gasteiger partial charge on any atom is 0.239 e. The Morgan fingerprint density at radius 3 is 2.54 bits per heavy atom. The van der Waals surface area contributed by atoms with E-state index in [2.05, 4.69) is 11.8 Å². The second kappa shape index (κ2) is 8.44. The number of amides is 1. The van der Waals surface area contributed by atoms with Crippen LogP contribution in [0.2, 0.25) is 0 Å². The summed E-state index contributed by atoms with van der Waals surface area (Å²) in [5, 5.41) is 0. The van der Waals surface area contributed by atoms with Gasteiger partial charge in [0.15, 0.2) is 11.6 Å². The molecule has 0 spiro atoms. The first-order chi connectivity index (χ1) is 11.5. The molecular weight excluding hydrogens is 309 g/mol. The summed E-state index contributed by atoms with van der Waals surface area (Å²) in [5.41, 5.74) is 0.825. The number of carbonyl (C=O) groups is 1. The zero-order chi connectivity index (χ0) is 17.7. The summed E-state index contributed by atoms with van der Waals surface area (Å²) in [4.78, 5) is 18.9. The van der Waals surface area contributed by atoms with Crippen molar-refractivity contribution >= 4 is 5.91 Å². The average molecular weight is 337 g/mol. The highest BCUT2D eigenvalue weighted by atomic mass is 19.1. The van der Waals surface area contributed by atoms with Crippen molar-refractivity contribution in [3.8, 4) is 5.75 Å². The number of carbonyl (C=O) groups excluding carboxylic acids is 1. The molecule has 1 aromatic carbocycles. The van der Waals surface area contributed by atoms with Crippen LogP contribution >= 0.6 is 0 Å². The Balaban J connectivity index is 1.92. The smallest absolute Gasteiger partial charge is 0.239 e. The predicted octanol–water partition coefficient (Wildman–Crippen LogP) is 1.82. The number of piperazine rings is 1. The summed E-state index contributed by atoms with van der Waals surface area (Å²) in [7, 11) is 3.34. The number of methoxy groups -OCH3 is 1. The standard InChI is InChI=1S/C18H28FN3O2/c1-5-21-8-10-22(11-9-21)18(23)14(2)20(3)13-15-6-7-17(24-4)16(19)12-15/h6-7,12,14H,5,8-11,13H2,1-4H3. The van der Waals surface area contributed by atoms with Crippen LogP contribution < -0.4 is 4.74 Å². The Kier molecular flexibility index (Phi) is 6.57. The number of hydrogen-bond acceptors (Lipinski definition) is 4. The van der Waals surface area contributed by atoms with Gasteiger partial charge in [-0.3, -0.25) is 9.69 Å². The molecular formula is C18H28FN3O2. The fraction of sp³-hybridized carbons (Fsp3) is 0.611. The van der Waals surface area contributed by atoms with Gasteiger partial charge in [0, 0.05) is 32.7 Å². The Morgan fingerprint density at radius 1 is 1.33 bits per heavy atom. The summed E-state index contributed by atoms with van der Waals surface area (Å²) in [6.07, 6.45) is 0. The zero-order valence-electron chi connectivity index (χ0n) is 15.1. The molecule has 24 heavy (non-hydrogen) atoms. The summed E-state index contributed by atoms with van der Waals surface area (Å²) in [5.74, 6) is -0.000346. The molecule has 1 saturated heterocycles. The lowest BCUT2D eigenvalue weighted by molar-refractivity contribution is -0.137. The molecule has 5 nitrogen and oxygen atoms in total. The maximum absolute atomic E-state index is 13.8. The molecule has 134 valence electrons. The number of hydrogen-bond donors (Lipinski definition) is 0. The van der Waals surface area contributed by atoms with Gasteiger partial charge in [0.2, 0.25) is 5.91 Å². The first kappa shape index (κ1) is 18.7. The second-order valence-electron chi connectivity index (χ2n) is 6.32.